The Morgan fingerprint density at radius 1 is 0.298 bits per heavy atom. The SMILES string of the molecule is [2H]c1c([2H])c([2H])c(-c2ccc3c(c2)N(c2cc(-c4c([2H])c([2H])c([2H])c(C(C)(C)C)c4[2H])c(C#N)c(-n4c5ccccc5c5ccccc54)c2)c2cc(-c4cc(C(C)(C)C)cc(C(C)(C)C)c4)cc4c2B3c2ccc(-n3c5ccc(C(C)(C)C)cc5c5cc(C(C)(C)C)ccc53)cc2N4c2cc(-n3c4ccccc4c4ccccc43)ccc2C#N)c([2H])c1[2H]. The van der Waals surface area contributed by atoms with Gasteiger partial charge in [0.25, 0.3) is 6.71 Å². The number of para-hydroxylation sites is 4. The molecule has 0 amide bonds. The third kappa shape index (κ3) is 11.5. The molecule has 0 spiro atoms. The summed E-state index contributed by atoms with van der Waals surface area (Å²) in [6, 6.07) is 82.4. The van der Waals surface area contributed by atoms with E-state index in [1.807, 2.05) is 99.6 Å². The highest BCUT2D eigenvalue weighted by atomic mass is 15.2. The summed E-state index contributed by atoms with van der Waals surface area (Å²) in [4.78, 5) is 4.46. The number of fused-ring (bicyclic) bond motifs is 13. The zero-order valence-corrected chi connectivity index (χ0v) is 67.1. The van der Waals surface area contributed by atoms with Crippen molar-refractivity contribution in [1.29, 1.82) is 10.5 Å². The molecule has 17 aromatic rings. The van der Waals surface area contributed by atoms with Gasteiger partial charge in [0.1, 0.15) is 12.1 Å². The molecular formula is C106H92BN7. The maximum atomic E-state index is 12.4. The van der Waals surface area contributed by atoms with Gasteiger partial charge in [0.2, 0.25) is 0 Å². The van der Waals surface area contributed by atoms with E-state index in [9.17, 15) is 21.5 Å². The number of benzene rings is 14. The van der Waals surface area contributed by atoms with Gasteiger partial charge in [0.05, 0.1) is 67.9 Å². The molecular weight excluding hydrogens is 1380 g/mol. The molecule has 2 aliphatic heterocycles. The van der Waals surface area contributed by atoms with Gasteiger partial charge >= 0.3 is 0 Å². The van der Waals surface area contributed by atoms with Crippen molar-refractivity contribution >= 4 is 123 Å². The fraction of sp³-hybridized carbons (Fsp3) is 0.189. The second-order valence-electron chi connectivity index (χ2n) is 36.2. The molecule has 19 rings (SSSR count). The summed E-state index contributed by atoms with van der Waals surface area (Å²) in [5.41, 5.74) is 19.2. The van der Waals surface area contributed by atoms with Crippen molar-refractivity contribution < 1.29 is 12.3 Å². The minimum atomic E-state index is -0.892. The fourth-order valence-corrected chi connectivity index (χ4v) is 17.7. The van der Waals surface area contributed by atoms with Crippen molar-refractivity contribution in [2.45, 2.75) is 131 Å². The largest absolute Gasteiger partial charge is 0.311 e. The average molecular weight is 1480 g/mol. The second-order valence-corrected chi connectivity index (χ2v) is 36.2. The third-order valence-corrected chi connectivity index (χ3v) is 23.7. The zero-order chi connectivity index (χ0) is 86.8. The highest BCUT2D eigenvalue weighted by molar-refractivity contribution is 7.00. The molecule has 0 aliphatic carbocycles. The van der Waals surface area contributed by atoms with Gasteiger partial charge < -0.3 is 23.5 Å². The van der Waals surface area contributed by atoms with Gasteiger partial charge in [0.15, 0.2) is 0 Å². The molecule has 0 atom stereocenters. The minimum Gasteiger partial charge on any atom is -0.311 e. The topological polar surface area (TPSA) is 68.8 Å². The highest BCUT2D eigenvalue weighted by Crippen LogP contribution is 2.52. The summed E-state index contributed by atoms with van der Waals surface area (Å²) in [6.07, 6.45) is 0. The van der Waals surface area contributed by atoms with Gasteiger partial charge in [0, 0.05) is 77.7 Å². The first-order valence-electron chi connectivity index (χ1n) is 44.0. The molecule has 0 radical (unpaired) electrons. The van der Waals surface area contributed by atoms with Crippen LogP contribution in [0.4, 0.5) is 34.1 Å². The Kier molecular flexibility index (Phi) is 14.0. The van der Waals surface area contributed by atoms with Crippen molar-refractivity contribution in [2.24, 2.45) is 0 Å². The Bertz CT molecular complexity index is 7340. The lowest BCUT2D eigenvalue weighted by Gasteiger charge is -2.45. The van der Waals surface area contributed by atoms with Crippen LogP contribution in [0.5, 0.6) is 0 Å². The van der Waals surface area contributed by atoms with Crippen LogP contribution in [-0.4, -0.2) is 20.4 Å². The van der Waals surface area contributed by atoms with Gasteiger partial charge in [-0.05, 0) is 208 Å². The summed E-state index contributed by atoms with van der Waals surface area (Å²) < 4.78 is 93.6. The van der Waals surface area contributed by atoms with E-state index >= 15 is 0 Å². The molecule has 0 saturated heterocycles. The smallest absolute Gasteiger partial charge is 0.252 e. The van der Waals surface area contributed by atoms with Crippen LogP contribution >= 0.6 is 0 Å². The molecule has 8 heteroatoms. The van der Waals surface area contributed by atoms with Gasteiger partial charge in [-0.3, -0.25) is 0 Å². The van der Waals surface area contributed by atoms with Crippen LogP contribution in [0.3, 0.4) is 0 Å². The number of nitrogens with zero attached hydrogens (tertiary/aromatic N) is 7. The monoisotopic (exact) mass is 1480 g/mol. The molecule has 0 bridgehead atoms. The Morgan fingerprint density at radius 3 is 1.25 bits per heavy atom. The van der Waals surface area contributed by atoms with E-state index in [4.69, 9.17) is 1.37 Å². The number of rotatable bonds is 8. The number of nitriles is 2. The van der Waals surface area contributed by atoms with Crippen molar-refractivity contribution in [3.05, 3.63) is 324 Å². The van der Waals surface area contributed by atoms with E-state index in [0.717, 1.165) is 127 Å². The minimum absolute atomic E-state index is 0.00979. The molecule has 14 aromatic carbocycles. The van der Waals surface area contributed by atoms with E-state index in [2.05, 4.69) is 270 Å². The first kappa shape index (κ1) is 61.8. The van der Waals surface area contributed by atoms with Gasteiger partial charge in [-0.1, -0.05) is 280 Å². The maximum absolute atomic E-state index is 12.4. The predicted molar refractivity (Wildman–Crippen MR) is 483 cm³/mol. The number of hydrogen-bond acceptors (Lipinski definition) is 4. The molecule has 3 aromatic heterocycles. The normalized spacial score (nSPS) is 14.3. The van der Waals surface area contributed by atoms with Crippen molar-refractivity contribution in [1.82, 2.24) is 13.7 Å². The predicted octanol–water partition coefficient (Wildman–Crippen LogP) is 26.3. The van der Waals surface area contributed by atoms with E-state index in [1.165, 1.54) is 11.1 Å². The Labute approximate surface area is 682 Å². The first-order chi connectivity index (χ1) is 58.3. The lowest BCUT2D eigenvalue weighted by Crippen LogP contribution is -2.61. The summed E-state index contributed by atoms with van der Waals surface area (Å²) in [6.45, 7) is 31.9. The van der Waals surface area contributed by atoms with Crippen molar-refractivity contribution in [3.63, 3.8) is 0 Å². The Morgan fingerprint density at radius 2 is 0.737 bits per heavy atom. The average Bonchev–Trinajstić information content (AvgIpc) is 1.63. The van der Waals surface area contributed by atoms with Crippen LogP contribution < -0.4 is 26.2 Å². The van der Waals surface area contributed by atoms with Crippen LogP contribution in [0.2, 0.25) is 0 Å². The van der Waals surface area contributed by atoms with Gasteiger partial charge in [-0.25, -0.2) is 0 Å². The van der Waals surface area contributed by atoms with Crippen LogP contribution in [0.25, 0.3) is 116 Å². The second kappa shape index (κ2) is 25.8. The van der Waals surface area contributed by atoms with Gasteiger partial charge in [-0.15, -0.1) is 0 Å². The summed E-state index contributed by atoms with van der Waals surface area (Å²) >= 11 is 0. The quantitative estimate of drug-likeness (QED) is 0.142. The third-order valence-electron chi connectivity index (χ3n) is 23.7. The number of hydrogen-bond donors (Lipinski definition) is 0. The summed E-state index contributed by atoms with van der Waals surface area (Å²) in [7, 11) is 0. The first-order valence-corrected chi connectivity index (χ1v) is 39.5. The lowest BCUT2D eigenvalue weighted by molar-refractivity contribution is 0.569. The molecule has 554 valence electrons. The molecule has 0 fully saturated rings. The molecule has 2 aliphatic rings. The van der Waals surface area contributed by atoms with E-state index in [0.29, 0.717) is 39.6 Å². The van der Waals surface area contributed by atoms with Crippen LogP contribution in [0.1, 0.15) is 155 Å². The molecule has 0 N–H and O–H groups in total. The standard InChI is InChI=1S/C106H92BN7/c1-102(2,3)71-31-27-30-67(50-71)83-59-78(62-96(86(83)64-109)113-91-38-25-21-34-81(91)82-35-22-26-39-92(82)113)112-97-53-66(65-28-17-16-18-29-65)41-46-87(97)107-88-47-45-77(111-93-48-42-72(103(4,5)6)57-84(93)85-58-73(104(7,8)9)43-49-94(85)111)61-98(88)114(100-55-70(54-99(112)101(100)107)69-51-74(105(10,11)12)56-75(52-69)106(13,14)15)95-60-76(44-40-68(95)63-108)110-89-36-23-19-32-79(89)80-33-20-24-37-90(80)110/h16-62H,1-15H3/i16D,17D,18D,27D,28D,29D,30D,31D,50D. The Hall–Kier alpha value is -12.9. The zero-order valence-electron chi connectivity index (χ0n) is 76.1. The molecule has 0 saturated carbocycles. The number of aromatic nitrogens is 3. The molecule has 114 heavy (non-hydrogen) atoms. The molecule has 5 heterocycles. The molecule has 7 nitrogen and oxygen atoms in total. The Balaban J connectivity index is 1.02. The molecule has 0 unspecified atom stereocenters. The lowest BCUT2D eigenvalue weighted by atomic mass is 9.33. The maximum Gasteiger partial charge on any atom is 0.252 e. The summed E-state index contributed by atoms with van der Waals surface area (Å²) in [5.74, 6) is 0. The number of anilines is 6. The highest BCUT2D eigenvalue weighted by Gasteiger charge is 2.45. The van der Waals surface area contributed by atoms with Gasteiger partial charge in [-0.2, -0.15) is 10.5 Å². The van der Waals surface area contributed by atoms with E-state index in [-0.39, 0.29) is 61.6 Å². The van der Waals surface area contributed by atoms with Crippen molar-refractivity contribution in [3.8, 4) is 62.6 Å². The van der Waals surface area contributed by atoms with E-state index < -0.39 is 54.4 Å². The van der Waals surface area contributed by atoms with Crippen molar-refractivity contribution in [2.75, 3.05) is 9.80 Å². The van der Waals surface area contributed by atoms with E-state index in [1.54, 1.807) is 0 Å². The van der Waals surface area contributed by atoms with Crippen LogP contribution in [0, 0.1) is 22.7 Å². The fourth-order valence-electron chi connectivity index (χ4n) is 17.7. The van der Waals surface area contributed by atoms with Crippen LogP contribution in [-0.2, 0) is 27.1 Å². The van der Waals surface area contributed by atoms with Crippen LogP contribution in [0.15, 0.2) is 285 Å². The summed E-state index contributed by atoms with van der Waals surface area (Å²) in [5, 5.41) is 30.8.